The third-order valence-corrected chi connectivity index (χ3v) is 3.53. The summed E-state index contributed by atoms with van der Waals surface area (Å²) in [5.41, 5.74) is 0. The van der Waals surface area contributed by atoms with Gasteiger partial charge in [0.2, 0.25) is 0 Å². The van der Waals surface area contributed by atoms with Crippen LogP contribution in [0.25, 0.3) is 0 Å². The van der Waals surface area contributed by atoms with Crippen LogP contribution in [0.1, 0.15) is 33.1 Å². The third-order valence-electron chi connectivity index (χ3n) is 3.53. The Bertz CT molecular complexity index is 163. The van der Waals surface area contributed by atoms with Gasteiger partial charge in [0.25, 0.3) is 0 Å². The van der Waals surface area contributed by atoms with E-state index in [4.69, 9.17) is 0 Å². The average Bonchev–Trinajstić information content (AvgIpc) is 2.63. The molecule has 2 fully saturated rings. The zero-order chi connectivity index (χ0) is 9.26. The fraction of sp³-hybridized carbons (Fsp3) is 1.00. The molecule has 0 aromatic rings. The molecule has 2 aliphatic heterocycles. The minimum atomic E-state index is 0.785. The normalized spacial score (nSPS) is 41.5. The molecule has 1 N–H and O–H groups in total. The second-order valence-corrected chi connectivity index (χ2v) is 4.94. The van der Waals surface area contributed by atoms with Crippen LogP contribution in [0.5, 0.6) is 0 Å². The molecule has 3 atom stereocenters. The number of nitrogens with zero attached hydrogens (tertiary/aromatic N) is 1. The van der Waals surface area contributed by atoms with E-state index >= 15 is 0 Å². The van der Waals surface area contributed by atoms with Gasteiger partial charge in [-0.1, -0.05) is 6.92 Å². The maximum absolute atomic E-state index is 3.58. The molecule has 0 aromatic heterocycles. The SMILES string of the molecule is CC1CC(C)N(C[C@@H]2CCCN2)C1. The average molecular weight is 182 g/mol. The van der Waals surface area contributed by atoms with E-state index in [0.29, 0.717) is 0 Å². The van der Waals surface area contributed by atoms with Crippen LogP contribution in [0, 0.1) is 5.92 Å². The van der Waals surface area contributed by atoms with Gasteiger partial charge in [-0.05, 0) is 38.6 Å². The molecular weight excluding hydrogens is 160 g/mol. The summed E-state index contributed by atoms with van der Waals surface area (Å²) in [6, 6.07) is 1.60. The van der Waals surface area contributed by atoms with Crippen LogP contribution >= 0.6 is 0 Å². The number of hydrogen-bond donors (Lipinski definition) is 1. The van der Waals surface area contributed by atoms with Gasteiger partial charge in [0.15, 0.2) is 0 Å². The first-order valence-electron chi connectivity index (χ1n) is 5.73. The molecule has 13 heavy (non-hydrogen) atoms. The second-order valence-electron chi connectivity index (χ2n) is 4.94. The van der Waals surface area contributed by atoms with E-state index in [1.807, 2.05) is 0 Å². The van der Waals surface area contributed by atoms with E-state index in [9.17, 15) is 0 Å². The Morgan fingerprint density at radius 3 is 2.77 bits per heavy atom. The monoisotopic (exact) mass is 182 g/mol. The predicted octanol–water partition coefficient (Wildman–Crippen LogP) is 1.47. The van der Waals surface area contributed by atoms with E-state index in [0.717, 1.165) is 18.0 Å². The Kier molecular flexibility index (Phi) is 2.89. The van der Waals surface area contributed by atoms with Crippen molar-refractivity contribution in [3.8, 4) is 0 Å². The highest BCUT2D eigenvalue weighted by Crippen LogP contribution is 2.23. The maximum atomic E-state index is 3.58. The van der Waals surface area contributed by atoms with Gasteiger partial charge in [-0.25, -0.2) is 0 Å². The smallest absolute Gasteiger partial charge is 0.0195 e. The summed E-state index contributed by atoms with van der Waals surface area (Å²) < 4.78 is 0. The van der Waals surface area contributed by atoms with E-state index < -0.39 is 0 Å². The standard InChI is InChI=1S/C11H22N2/c1-9-6-10(2)13(7-9)8-11-4-3-5-12-11/h9-12H,3-8H2,1-2H3/t9?,10?,11-/m0/s1. The molecule has 2 heterocycles. The van der Waals surface area contributed by atoms with Gasteiger partial charge in [-0.15, -0.1) is 0 Å². The molecule has 2 saturated heterocycles. The summed E-state index contributed by atoms with van der Waals surface area (Å²) in [5.74, 6) is 0.913. The minimum Gasteiger partial charge on any atom is -0.313 e. The van der Waals surface area contributed by atoms with Crippen molar-refractivity contribution in [3.63, 3.8) is 0 Å². The first kappa shape index (κ1) is 9.47. The van der Waals surface area contributed by atoms with Crippen molar-refractivity contribution >= 4 is 0 Å². The molecule has 2 unspecified atom stereocenters. The Morgan fingerprint density at radius 1 is 1.38 bits per heavy atom. The molecule has 0 spiro atoms. The maximum Gasteiger partial charge on any atom is 0.0195 e. The summed E-state index contributed by atoms with van der Waals surface area (Å²) in [6.07, 6.45) is 4.16. The van der Waals surface area contributed by atoms with Crippen LogP contribution in [-0.2, 0) is 0 Å². The highest BCUT2D eigenvalue weighted by atomic mass is 15.2. The molecule has 2 nitrogen and oxygen atoms in total. The summed E-state index contributed by atoms with van der Waals surface area (Å²) in [5, 5.41) is 3.58. The van der Waals surface area contributed by atoms with Crippen molar-refractivity contribution in [1.82, 2.24) is 10.2 Å². The van der Waals surface area contributed by atoms with Crippen LogP contribution in [0.2, 0.25) is 0 Å². The lowest BCUT2D eigenvalue weighted by atomic mass is 10.1. The lowest BCUT2D eigenvalue weighted by Crippen LogP contribution is -2.39. The Morgan fingerprint density at radius 2 is 2.23 bits per heavy atom. The van der Waals surface area contributed by atoms with Crippen LogP contribution in [0.3, 0.4) is 0 Å². The number of rotatable bonds is 2. The lowest BCUT2D eigenvalue weighted by molar-refractivity contribution is 0.241. The van der Waals surface area contributed by atoms with E-state index in [1.165, 1.54) is 38.9 Å². The largest absolute Gasteiger partial charge is 0.313 e. The van der Waals surface area contributed by atoms with Gasteiger partial charge in [-0.2, -0.15) is 0 Å². The summed E-state index contributed by atoms with van der Waals surface area (Å²) in [6.45, 7) is 8.59. The van der Waals surface area contributed by atoms with E-state index in [2.05, 4.69) is 24.1 Å². The van der Waals surface area contributed by atoms with Crippen molar-refractivity contribution in [2.75, 3.05) is 19.6 Å². The Balaban J connectivity index is 1.80. The Hall–Kier alpha value is -0.0800. The highest BCUT2D eigenvalue weighted by Gasteiger charge is 2.28. The quantitative estimate of drug-likeness (QED) is 0.695. The van der Waals surface area contributed by atoms with Gasteiger partial charge in [-0.3, -0.25) is 4.90 Å². The molecule has 0 radical (unpaired) electrons. The molecule has 2 rings (SSSR count). The van der Waals surface area contributed by atoms with Gasteiger partial charge in [0.1, 0.15) is 0 Å². The molecular formula is C11H22N2. The van der Waals surface area contributed by atoms with Crippen molar-refractivity contribution in [2.45, 2.75) is 45.2 Å². The van der Waals surface area contributed by atoms with Crippen molar-refractivity contribution < 1.29 is 0 Å². The van der Waals surface area contributed by atoms with Gasteiger partial charge >= 0.3 is 0 Å². The van der Waals surface area contributed by atoms with Crippen molar-refractivity contribution in [3.05, 3.63) is 0 Å². The molecule has 0 amide bonds. The molecule has 2 aliphatic rings. The molecule has 76 valence electrons. The zero-order valence-electron chi connectivity index (χ0n) is 8.92. The van der Waals surface area contributed by atoms with Gasteiger partial charge < -0.3 is 5.32 Å². The molecule has 0 aromatic carbocycles. The first-order valence-corrected chi connectivity index (χ1v) is 5.73. The highest BCUT2D eigenvalue weighted by molar-refractivity contribution is 4.85. The van der Waals surface area contributed by atoms with Crippen molar-refractivity contribution in [1.29, 1.82) is 0 Å². The van der Waals surface area contributed by atoms with Crippen LogP contribution in [0.15, 0.2) is 0 Å². The molecule has 0 bridgehead atoms. The van der Waals surface area contributed by atoms with Crippen LogP contribution in [-0.4, -0.2) is 36.6 Å². The summed E-state index contributed by atoms with van der Waals surface area (Å²) >= 11 is 0. The predicted molar refractivity (Wildman–Crippen MR) is 55.8 cm³/mol. The zero-order valence-corrected chi connectivity index (χ0v) is 8.92. The minimum absolute atomic E-state index is 0.785. The lowest BCUT2D eigenvalue weighted by Gasteiger charge is -2.24. The van der Waals surface area contributed by atoms with Crippen LogP contribution in [0.4, 0.5) is 0 Å². The van der Waals surface area contributed by atoms with Crippen LogP contribution < -0.4 is 5.32 Å². The topological polar surface area (TPSA) is 15.3 Å². The van der Waals surface area contributed by atoms with Gasteiger partial charge in [0, 0.05) is 25.2 Å². The number of nitrogens with one attached hydrogen (secondary N) is 1. The first-order chi connectivity index (χ1) is 6.25. The number of hydrogen-bond acceptors (Lipinski definition) is 2. The molecule has 0 saturated carbocycles. The fourth-order valence-corrected chi connectivity index (χ4v) is 2.84. The Labute approximate surface area is 81.7 Å². The third kappa shape index (κ3) is 2.23. The van der Waals surface area contributed by atoms with E-state index in [1.54, 1.807) is 0 Å². The van der Waals surface area contributed by atoms with E-state index in [-0.39, 0.29) is 0 Å². The number of likely N-dealkylation sites (tertiary alicyclic amines) is 1. The van der Waals surface area contributed by atoms with Crippen molar-refractivity contribution in [2.24, 2.45) is 5.92 Å². The second kappa shape index (κ2) is 3.97. The van der Waals surface area contributed by atoms with Gasteiger partial charge in [0.05, 0.1) is 0 Å². The molecule has 2 heteroatoms. The summed E-state index contributed by atoms with van der Waals surface area (Å²) in [7, 11) is 0. The summed E-state index contributed by atoms with van der Waals surface area (Å²) in [4.78, 5) is 2.66. The molecule has 0 aliphatic carbocycles. The fourth-order valence-electron chi connectivity index (χ4n) is 2.84.